The van der Waals surface area contributed by atoms with E-state index < -0.39 is 11.8 Å². The Morgan fingerprint density at radius 3 is 2.56 bits per heavy atom. The van der Waals surface area contributed by atoms with E-state index >= 15 is 0 Å². The van der Waals surface area contributed by atoms with Gasteiger partial charge in [0.2, 0.25) is 0 Å². The van der Waals surface area contributed by atoms with Crippen molar-refractivity contribution in [1.29, 1.82) is 0 Å². The van der Waals surface area contributed by atoms with Crippen LogP contribution >= 0.6 is 0 Å². The molecule has 2 amide bonds. The minimum absolute atomic E-state index is 0.0381. The van der Waals surface area contributed by atoms with E-state index in [9.17, 15) is 9.59 Å². The Labute approximate surface area is 91.5 Å². The summed E-state index contributed by atoms with van der Waals surface area (Å²) in [5.74, 6) is -0.490. The van der Waals surface area contributed by atoms with Crippen molar-refractivity contribution >= 4 is 17.6 Å². The van der Waals surface area contributed by atoms with Crippen LogP contribution in [0.4, 0.5) is 5.82 Å². The molecule has 0 atom stereocenters. The number of rotatable bonds is 2. The lowest BCUT2D eigenvalue weighted by molar-refractivity contribution is 0.0691. The molecule has 2 heterocycles. The largest absolute Gasteiger partial charge is 0.383 e. The highest BCUT2D eigenvalue weighted by molar-refractivity contribution is 6.22. The number of fused-ring (bicyclic) bond motifs is 1. The number of amides is 2. The quantitative estimate of drug-likeness (QED) is 0.605. The average molecular weight is 221 g/mol. The summed E-state index contributed by atoms with van der Waals surface area (Å²) >= 11 is 0. The molecule has 4 N–H and O–H groups in total. The Bertz CT molecular complexity index is 485. The van der Waals surface area contributed by atoms with Crippen LogP contribution in [0.3, 0.4) is 0 Å². The zero-order chi connectivity index (χ0) is 11.9. The van der Waals surface area contributed by atoms with E-state index in [2.05, 4.69) is 9.97 Å². The lowest BCUT2D eigenvalue weighted by atomic mass is 10.2. The summed E-state index contributed by atoms with van der Waals surface area (Å²) < 4.78 is 0. The van der Waals surface area contributed by atoms with Crippen molar-refractivity contribution in [2.45, 2.75) is 6.42 Å². The van der Waals surface area contributed by atoms with E-state index in [1.54, 1.807) is 0 Å². The van der Waals surface area contributed by atoms with Gasteiger partial charge in [-0.25, -0.2) is 9.97 Å². The number of nitrogen functional groups attached to an aromatic ring is 1. The topological polar surface area (TPSA) is 115 Å². The standard InChI is InChI=1S/C9H11N5O2/c1-14-8(15)5-6(9(14)16)12-4(2-3-10)13-7(5)11/h2-3,10H2,1H3,(H2,11,12,13). The molecule has 0 aliphatic carbocycles. The van der Waals surface area contributed by atoms with Gasteiger partial charge in [-0.1, -0.05) is 0 Å². The zero-order valence-corrected chi connectivity index (χ0v) is 8.73. The Morgan fingerprint density at radius 1 is 1.25 bits per heavy atom. The van der Waals surface area contributed by atoms with Crippen LogP contribution in [0.25, 0.3) is 0 Å². The van der Waals surface area contributed by atoms with Gasteiger partial charge in [0.1, 0.15) is 22.9 Å². The molecule has 0 saturated heterocycles. The van der Waals surface area contributed by atoms with Crippen LogP contribution in [0.2, 0.25) is 0 Å². The molecule has 0 radical (unpaired) electrons. The van der Waals surface area contributed by atoms with Gasteiger partial charge >= 0.3 is 0 Å². The van der Waals surface area contributed by atoms with Crippen molar-refractivity contribution in [2.75, 3.05) is 19.3 Å². The molecule has 0 aromatic carbocycles. The lowest BCUT2D eigenvalue weighted by Gasteiger charge is -2.02. The molecular weight excluding hydrogens is 210 g/mol. The summed E-state index contributed by atoms with van der Waals surface area (Å²) in [5, 5.41) is 0. The first-order valence-corrected chi connectivity index (χ1v) is 4.75. The number of nitrogens with two attached hydrogens (primary N) is 2. The second kappa shape index (κ2) is 3.53. The second-order valence-electron chi connectivity index (χ2n) is 3.46. The number of nitrogens with zero attached hydrogens (tertiary/aromatic N) is 3. The van der Waals surface area contributed by atoms with Gasteiger partial charge in [0, 0.05) is 13.5 Å². The fourth-order valence-corrected chi connectivity index (χ4v) is 1.55. The van der Waals surface area contributed by atoms with E-state index in [-0.39, 0.29) is 17.1 Å². The Hall–Kier alpha value is -2.02. The van der Waals surface area contributed by atoms with Crippen LogP contribution in [0.5, 0.6) is 0 Å². The summed E-state index contributed by atoms with van der Waals surface area (Å²) in [5.41, 5.74) is 11.2. The third-order valence-electron chi connectivity index (χ3n) is 2.38. The number of anilines is 1. The Morgan fingerprint density at radius 2 is 1.94 bits per heavy atom. The van der Waals surface area contributed by atoms with Gasteiger partial charge in [-0.15, -0.1) is 0 Å². The molecule has 0 spiro atoms. The molecule has 1 aromatic rings. The van der Waals surface area contributed by atoms with Crippen molar-refractivity contribution in [3.63, 3.8) is 0 Å². The number of carbonyl (C=O) groups excluding carboxylic acids is 2. The van der Waals surface area contributed by atoms with Gasteiger partial charge in [0.25, 0.3) is 11.8 Å². The highest BCUT2D eigenvalue weighted by Gasteiger charge is 2.37. The van der Waals surface area contributed by atoms with Crippen LogP contribution in [0.15, 0.2) is 0 Å². The predicted molar refractivity (Wildman–Crippen MR) is 55.6 cm³/mol. The number of imide groups is 1. The number of hydrogen-bond acceptors (Lipinski definition) is 6. The molecular formula is C9H11N5O2. The van der Waals surface area contributed by atoms with Crippen LogP contribution in [-0.4, -0.2) is 40.3 Å². The van der Waals surface area contributed by atoms with Gasteiger partial charge in [0.15, 0.2) is 0 Å². The third kappa shape index (κ3) is 1.33. The van der Waals surface area contributed by atoms with Gasteiger partial charge in [-0.05, 0) is 6.54 Å². The van der Waals surface area contributed by atoms with Gasteiger partial charge in [-0.3, -0.25) is 14.5 Å². The van der Waals surface area contributed by atoms with Crippen molar-refractivity contribution in [1.82, 2.24) is 14.9 Å². The Balaban J connectivity index is 2.58. The normalized spacial score (nSPS) is 14.5. The summed E-state index contributed by atoms with van der Waals surface area (Å²) in [4.78, 5) is 32.2. The van der Waals surface area contributed by atoms with Crippen LogP contribution < -0.4 is 11.5 Å². The fourth-order valence-electron chi connectivity index (χ4n) is 1.55. The van der Waals surface area contributed by atoms with E-state index in [4.69, 9.17) is 11.5 Å². The zero-order valence-electron chi connectivity index (χ0n) is 8.73. The smallest absolute Gasteiger partial charge is 0.280 e. The molecule has 7 heteroatoms. The van der Waals surface area contributed by atoms with E-state index in [0.29, 0.717) is 18.8 Å². The molecule has 0 fully saturated rings. The summed E-state index contributed by atoms with van der Waals surface area (Å²) in [7, 11) is 1.38. The molecule has 0 bridgehead atoms. The molecule has 1 aliphatic heterocycles. The van der Waals surface area contributed by atoms with Crippen molar-refractivity contribution in [3.8, 4) is 0 Å². The average Bonchev–Trinajstić information content (AvgIpc) is 2.45. The first-order chi connectivity index (χ1) is 7.56. The van der Waals surface area contributed by atoms with Crippen molar-refractivity contribution in [2.24, 2.45) is 5.73 Å². The molecule has 2 rings (SSSR count). The van der Waals surface area contributed by atoms with E-state index in [1.807, 2.05) is 0 Å². The first-order valence-electron chi connectivity index (χ1n) is 4.75. The maximum Gasteiger partial charge on any atom is 0.280 e. The SMILES string of the molecule is CN1C(=O)c2nc(CCN)nc(N)c2C1=O. The van der Waals surface area contributed by atoms with Gasteiger partial charge < -0.3 is 11.5 Å². The molecule has 84 valence electrons. The fraction of sp³-hybridized carbons (Fsp3) is 0.333. The highest BCUT2D eigenvalue weighted by Crippen LogP contribution is 2.23. The number of carbonyl (C=O) groups is 2. The van der Waals surface area contributed by atoms with Crippen molar-refractivity contribution < 1.29 is 9.59 Å². The third-order valence-corrected chi connectivity index (χ3v) is 2.38. The molecule has 0 saturated carbocycles. The lowest BCUT2D eigenvalue weighted by Crippen LogP contribution is -2.24. The maximum atomic E-state index is 11.6. The van der Waals surface area contributed by atoms with E-state index in [0.717, 1.165) is 4.90 Å². The molecule has 7 nitrogen and oxygen atoms in total. The molecule has 0 unspecified atom stereocenters. The minimum atomic E-state index is -0.461. The monoisotopic (exact) mass is 221 g/mol. The first kappa shape index (κ1) is 10.5. The van der Waals surface area contributed by atoms with Crippen molar-refractivity contribution in [3.05, 3.63) is 17.1 Å². The van der Waals surface area contributed by atoms with E-state index in [1.165, 1.54) is 7.05 Å². The molecule has 1 aliphatic rings. The summed E-state index contributed by atoms with van der Waals surface area (Å²) in [6, 6.07) is 0. The van der Waals surface area contributed by atoms with Gasteiger partial charge in [0.05, 0.1) is 0 Å². The highest BCUT2D eigenvalue weighted by atomic mass is 16.2. The second-order valence-corrected chi connectivity index (χ2v) is 3.46. The van der Waals surface area contributed by atoms with Crippen LogP contribution in [0, 0.1) is 0 Å². The van der Waals surface area contributed by atoms with Crippen LogP contribution in [0.1, 0.15) is 26.7 Å². The molecule has 16 heavy (non-hydrogen) atoms. The minimum Gasteiger partial charge on any atom is -0.383 e. The summed E-state index contributed by atoms with van der Waals surface area (Å²) in [6.07, 6.45) is 0.419. The maximum absolute atomic E-state index is 11.6. The van der Waals surface area contributed by atoms with Crippen LogP contribution in [-0.2, 0) is 6.42 Å². The molecule has 1 aromatic heterocycles. The summed E-state index contributed by atoms with van der Waals surface area (Å²) in [6.45, 7) is 0.357. The predicted octanol–water partition coefficient (Wildman–Crippen LogP) is -1.21. The van der Waals surface area contributed by atoms with Gasteiger partial charge in [-0.2, -0.15) is 0 Å². The number of aromatic nitrogens is 2. The number of hydrogen-bond donors (Lipinski definition) is 2. The Kier molecular flexibility index (Phi) is 2.31.